The number of carbonyl (C=O) groups excluding carboxylic acids is 2. The van der Waals surface area contributed by atoms with Gasteiger partial charge in [-0.3, -0.25) is 9.59 Å². The average Bonchev–Trinajstić information content (AvgIpc) is 3.06. The Labute approximate surface area is 124 Å². The molecule has 21 heavy (non-hydrogen) atoms. The van der Waals surface area contributed by atoms with Crippen LogP contribution in [-0.4, -0.2) is 30.6 Å². The minimum absolute atomic E-state index is 0.0336. The summed E-state index contributed by atoms with van der Waals surface area (Å²) in [4.78, 5) is 25.4. The van der Waals surface area contributed by atoms with Crippen LogP contribution in [0, 0.1) is 23.2 Å². The maximum atomic E-state index is 12.8. The molecule has 0 N–H and O–H groups in total. The van der Waals surface area contributed by atoms with E-state index in [1.54, 1.807) is 13.0 Å². The van der Waals surface area contributed by atoms with Crippen molar-refractivity contribution in [2.45, 2.75) is 45.3 Å². The molecule has 3 fully saturated rings. The summed E-state index contributed by atoms with van der Waals surface area (Å²) in [5.41, 5.74) is 0.298. The monoisotopic (exact) mass is 290 g/mol. The fourth-order valence-corrected chi connectivity index (χ4v) is 5.70. The molecule has 0 radical (unpaired) electrons. The van der Waals surface area contributed by atoms with Crippen LogP contribution in [0.1, 0.15) is 39.5 Å². The van der Waals surface area contributed by atoms with Crippen molar-refractivity contribution in [1.82, 2.24) is 0 Å². The van der Waals surface area contributed by atoms with Gasteiger partial charge >= 0.3 is 0 Å². The largest absolute Gasteiger partial charge is 0.347 e. The zero-order valence-electron chi connectivity index (χ0n) is 12.7. The number of hydrogen-bond donors (Lipinski definition) is 0. The lowest BCUT2D eigenvalue weighted by atomic mass is 9.61. The second-order valence-electron chi connectivity index (χ2n) is 7.18. The van der Waals surface area contributed by atoms with Crippen molar-refractivity contribution in [1.29, 1.82) is 0 Å². The first-order valence-electron chi connectivity index (χ1n) is 8.01. The molecule has 1 spiro atoms. The van der Waals surface area contributed by atoms with Gasteiger partial charge in [0, 0.05) is 12.3 Å². The molecule has 4 aliphatic rings. The van der Waals surface area contributed by atoms with Gasteiger partial charge in [0.25, 0.3) is 0 Å². The first kappa shape index (κ1) is 13.6. The van der Waals surface area contributed by atoms with Gasteiger partial charge in [0.05, 0.1) is 18.6 Å². The number of ketones is 2. The van der Waals surface area contributed by atoms with Gasteiger partial charge < -0.3 is 9.47 Å². The van der Waals surface area contributed by atoms with Crippen molar-refractivity contribution in [3.63, 3.8) is 0 Å². The lowest BCUT2D eigenvalue weighted by Gasteiger charge is -2.38. The van der Waals surface area contributed by atoms with Crippen molar-refractivity contribution in [3.8, 4) is 0 Å². The van der Waals surface area contributed by atoms with E-state index in [4.69, 9.17) is 9.47 Å². The number of fused-ring (bicyclic) bond motifs is 4. The van der Waals surface area contributed by atoms with Gasteiger partial charge in [-0.05, 0) is 51.0 Å². The zero-order chi connectivity index (χ0) is 14.8. The van der Waals surface area contributed by atoms with E-state index in [9.17, 15) is 9.59 Å². The topological polar surface area (TPSA) is 52.6 Å². The second-order valence-corrected chi connectivity index (χ2v) is 7.18. The highest BCUT2D eigenvalue weighted by molar-refractivity contribution is 6.13. The smallest absolute Gasteiger partial charge is 0.171 e. The van der Waals surface area contributed by atoms with E-state index in [0.29, 0.717) is 13.2 Å². The van der Waals surface area contributed by atoms with Crippen molar-refractivity contribution in [2.75, 3.05) is 13.2 Å². The number of allylic oxidation sites excluding steroid dienone is 2. The highest BCUT2D eigenvalue weighted by Crippen LogP contribution is 2.65. The Morgan fingerprint density at radius 3 is 2.67 bits per heavy atom. The molecule has 3 aliphatic carbocycles. The van der Waals surface area contributed by atoms with Crippen molar-refractivity contribution in [3.05, 3.63) is 11.6 Å². The van der Waals surface area contributed by atoms with Crippen LogP contribution in [0.5, 0.6) is 0 Å². The summed E-state index contributed by atoms with van der Waals surface area (Å²) in [5.74, 6) is -0.0202. The summed E-state index contributed by atoms with van der Waals surface area (Å²) < 4.78 is 11.9. The van der Waals surface area contributed by atoms with E-state index in [0.717, 1.165) is 31.3 Å². The van der Waals surface area contributed by atoms with Crippen LogP contribution >= 0.6 is 0 Å². The molecule has 4 heteroatoms. The Morgan fingerprint density at radius 2 is 2.00 bits per heavy atom. The number of ether oxygens (including phenoxy) is 2. The molecule has 0 aromatic heterocycles. The van der Waals surface area contributed by atoms with Crippen LogP contribution in [0.2, 0.25) is 0 Å². The molecule has 0 amide bonds. The molecule has 114 valence electrons. The fourth-order valence-electron chi connectivity index (χ4n) is 5.70. The first-order valence-corrected chi connectivity index (χ1v) is 8.01. The molecule has 0 bridgehead atoms. The van der Waals surface area contributed by atoms with Crippen LogP contribution in [0.25, 0.3) is 0 Å². The Bertz CT molecular complexity index is 543. The van der Waals surface area contributed by atoms with E-state index >= 15 is 0 Å². The van der Waals surface area contributed by atoms with Crippen molar-refractivity contribution >= 4 is 11.6 Å². The number of hydrogen-bond acceptors (Lipinski definition) is 4. The summed E-state index contributed by atoms with van der Waals surface area (Å²) >= 11 is 0. The van der Waals surface area contributed by atoms with E-state index in [1.807, 2.05) is 6.92 Å². The van der Waals surface area contributed by atoms with E-state index in [1.165, 1.54) is 0 Å². The standard InChI is InChI=1S/C17H22O4/c1-10-7-12-9-14-13(3-4-16(14)20-5-6-21-16)17(12,11(2)18)15(19)8-10/h8,12-14H,3-7,9H2,1-2H3/t12-,13-,14-,17-/m0/s1. The molecule has 4 rings (SSSR count). The lowest BCUT2D eigenvalue weighted by molar-refractivity contribution is -0.184. The first-order chi connectivity index (χ1) is 10.0. The summed E-state index contributed by atoms with van der Waals surface area (Å²) in [5, 5.41) is 0. The maximum Gasteiger partial charge on any atom is 0.171 e. The molecule has 0 unspecified atom stereocenters. The Morgan fingerprint density at radius 1 is 1.29 bits per heavy atom. The van der Waals surface area contributed by atoms with Crippen LogP contribution in [0.4, 0.5) is 0 Å². The Balaban J connectivity index is 1.80. The predicted octanol–water partition coefficient (Wildman–Crippen LogP) is 2.27. The zero-order valence-corrected chi connectivity index (χ0v) is 12.7. The molecule has 1 aliphatic heterocycles. The quantitative estimate of drug-likeness (QED) is 0.695. The van der Waals surface area contributed by atoms with Gasteiger partial charge in [0.1, 0.15) is 5.78 Å². The van der Waals surface area contributed by atoms with Gasteiger partial charge in [-0.2, -0.15) is 0 Å². The van der Waals surface area contributed by atoms with E-state index in [2.05, 4.69) is 0 Å². The summed E-state index contributed by atoms with van der Waals surface area (Å²) in [6.45, 7) is 4.86. The molecule has 1 heterocycles. The summed E-state index contributed by atoms with van der Waals surface area (Å²) in [6.07, 6.45) is 5.12. The third-order valence-electron chi connectivity index (χ3n) is 6.33. The second kappa shape index (κ2) is 4.26. The summed E-state index contributed by atoms with van der Waals surface area (Å²) in [6, 6.07) is 0. The SMILES string of the molecule is CC(=O)[C@]12C(=O)C=C(C)C[C@H]1C[C@H]1[C@@H]2CCC12OCCO2. The molecule has 0 aromatic rings. The minimum atomic E-state index is -0.803. The van der Waals surface area contributed by atoms with Crippen LogP contribution in [0.3, 0.4) is 0 Å². The number of Topliss-reactive ketones (excluding diaryl/α,β-unsaturated/α-hetero) is 1. The lowest BCUT2D eigenvalue weighted by Crippen LogP contribution is -2.48. The van der Waals surface area contributed by atoms with Gasteiger partial charge in [-0.15, -0.1) is 0 Å². The number of rotatable bonds is 1. The molecular formula is C17H22O4. The predicted molar refractivity (Wildman–Crippen MR) is 75.5 cm³/mol. The van der Waals surface area contributed by atoms with Crippen LogP contribution < -0.4 is 0 Å². The van der Waals surface area contributed by atoms with E-state index in [-0.39, 0.29) is 29.3 Å². The highest BCUT2D eigenvalue weighted by Gasteiger charge is 2.70. The van der Waals surface area contributed by atoms with Gasteiger partial charge in [0.2, 0.25) is 0 Å². The molecule has 0 aromatic carbocycles. The van der Waals surface area contributed by atoms with Crippen molar-refractivity contribution in [2.24, 2.45) is 23.2 Å². The molecule has 4 atom stereocenters. The van der Waals surface area contributed by atoms with E-state index < -0.39 is 11.2 Å². The molecule has 1 saturated heterocycles. The minimum Gasteiger partial charge on any atom is -0.347 e. The fraction of sp³-hybridized carbons (Fsp3) is 0.765. The highest BCUT2D eigenvalue weighted by atomic mass is 16.7. The maximum absolute atomic E-state index is 12.8. The van der Waals surface area contributed by atoms with Crippen LogP contribution in [-0.2, 0) is 19.1 Å². The third-order valence-corrected chi connectivity index (χ3v) is 6.33. The normalized spacial score (nSPS) is 43.8. The van der Waals surface area contributed by atoms with Crippen molar-refractivity contribution < 1.29 is 19.1 Å². The molecular weight excluding hydrogens is 268 g/mol. The van der Waals surface area contributed by atoms with Gasteiger partial charge in [-0.25, -0.2) is 0 Å². The summed E-state index contributed by atoms with van der Waals surface area (Å²) in [7, 11) is 0. The number of carbonyl (C=O) groups is 2. The molecule has 2 saturated carbocycles. The third kappa shape index (κ3) is 1.53. The molecule has 4 nitrogen and oxygen atoms in total. The Kier molecular flexibility index (Phi) is 2.77. The Hall–Kier alpha value is -1.00. The van der Waals surface area contributed by atoms with Crippen LogP contribution in [0.15, 0.2) is 11.6 Å². The average molecular weight is 290 g/mol. The van der Waals surface area contributed by atoms with Gasteiger partial charge in [0.15, 0.2) is 11.6 Å². The van der Waals surface area contributed by atoms with Gasteiger partial charge in [-0.1, -0.05) is 5.57 Å².